The van der Waals surface area contributed by atoms with Gasteiger partial charge in [0.2, 0.25) is 5.91 Å². The molecule has 24 heavy (non-hydrogen) atoms. The average Bonchev–Trinajstić information content (AvgIpc) is 3.17. The largest absolute Gasteiger partial charge is 0.481 e. The fraction of sp³-hybridized carbons (Fsp3) is 0.353. The minimum absolute atomic E-state index is 0.0553. The van der Waals surface area contributed by atoms with Crippen molar-refractivity contribution in [1.82, 2.24) is 10.3 Å². The molecular formula is C17H17ClN2O3S. The van der Waals surface area contributed by atoms with Gasteiger partial charge in [0.25, 0.3) is 0 Å². The highest BCUT2D eigenvalue weighted by atomic mass is 35.5. The maximum atomic E-state index is 12.1. The van der Waals surface area contributed by atoms with E-state index in [9.17, 15) is 9.59 Å². The molecule has 0 spiro atoms. The third-order valence-electron chi connectivity index (χ3n) is 4.14. The zero-order valence-corrected chi connectivity index (χ0v) is 14.4. The number of carbonyl (C=O) groups is 2. The van der Waals surface area contributed by atoms with Crippen molar-refractivity contribution < 1.29 is 14.7 Å². The van der Waals surface area contributed by atoms with Gasteiger partial charge in [-0.15, -0.1) is 11.3 Å². The minimum Gasteiger partial charge on any atom is -0.481 e. The maximum Gasteiger partial charge on any atom is 0.306 e. The van der Waals surface area contributed by atoms with Gasteiger partial charge in [-0.2, -0.15) is 0 Å². The van der Waals surface area contributed by atoms with E-state index in [1.165, 1.54) is 11.3 Å². The van der Waals surface area contributed by atoms with Gasteiger partial charge >= 0.3 is 5.97 Å². The number of rotatable bonds is 5. The Labute approximate surface area is 148 Å². The predicted octanol–water partition coefficient (Wildman–Crippen LogP) is 3.38. The first-order chi connectivity index (χ1) is 11.5. The van der Waals surface area contributed by atoms with Crippen LogP contribution in [0.25, 0.3) is 10.6 Å². The molecule has 0 aliphatic heterocycles. The number of benzene rings is 1. The van der Waals surface area contributed by atoms with Crippen LogP contribution < -0.4 is 5.32 Å². The second-order valence-corrected chi connectivity index (χ2v) is 7.18. The molecule has 2 aromatic rings. The number of aliphatic carboxylic acids is 1. The fourth-order valence-electron chi connectivity index (χ4n) is 2.93. The van der Waals surface area contributed by atoms with E-state index in [-0.39, 0.29) is 24.3 Å². The molecule has 1 aromatic carbocycles. The van der Waals surface area contributed by atoms with Gasteiger partial charge in [0.1, 0.15) is 5.01 Å². The molecule has 0 bridgehead atoms. The van der Waals surface area contributed by atoms with Crippen LogP contribution in [0.5, 0.6) is 0 Å². The van der Waals surface area contributed by atoms with Crippen LogP contribution in [-0.2, 0) is 16.0 Å². The zero-order chi connectivity index (χ0) is 17.1. The van der Waals surface area contributed by atoms with Gasteiger partial charge in [-0.3, -0.25) is 9.59 Å². The van der Waals surface area contributed by atoms with Gasteiger partial charge in [0, 0.05) is 17.0 Å². The molecule has 0 unspecified atom stereocenters. The van der Waals surface area contributed by atoms with Gasteiger partial charge < -0.3 is 10.4 Å². The standard InChI is InChI=1S/C17H17ClN2O3S/c18-14-4-2-1-3-13(14)16-20-12(9-24-16)8-15(21)19-11-6-5-10(7-11)17(22)23/h1-4,9-11H,5-8H2,(H,19,21)(H,22,23)/t10-,11+/m1/s1. The van der Waals surface area contributed by atoms with Gasteiger partial charge in [0.05, 0.1) is 23.1 Å². The number of hydrogen-bond acceptors (Lipinski definition) is 4. The SMILES string of the molecule is O=C(Cc1csc(-c2ccccc2Cl)n1)N[C@H]1CC[C@@H](C(=O)O)C1. The second-order valence-electron chi connectivity index (χ2n) is 5.91. The molecule has 5 nitrogen and oxygen atoms in total. The average molecular weight is 365 g/mol. The first kappa shape index (κ1) is 16.9. The molecule has 1 aliphatic rings. The van der Waals surface area contributed by atoms with Crippen LogP contribution in [0.3, 0.4) is 0 Å². The third-order valence-corrected chi connectivity index (χ3v) is 5.40. The van der Waals surface area contributed by atoms with E-state index < -0.39 is 5.97 Å². The molecule has 2 atom stereocenters. The summed E-state index contributed by atoms with van der Waals surface area (Å²) in [6.45, 7) is 0. The Morgan fingerprint density at radius 1 is 1.33 bits per heavy atom. The second kappa shape index (κ2) is 7.32. The summed E-state index contributed by atoms with van der Waals surface area (Å²) in [5.74, 6) is -1.25. The molecule has 3 rings (SSSR count). The van der Waals surface area contributed by atoms with Crippen molar-refractivity contribution >= 4 is 34.8 Å². The molecule has 126 valence electrons. The van der Waals surface area contributed by atoms with E-state index in [4.69, 9.17) is 16.7 Å². The lowest BCUT2D eigenvalue weighted by Crippen LogP contribution is -2.34. The van der Waals surface area contributed by atoms with E-state index in [0.29, 0.717) is 30.0 Å². The van der Waals surface area contributed by atoms with Crippen molar-refractivity contribution in [3.63, 3.8) is 0 Å². The number of carbonyl (C=O) groups excluding carboxylic acids is 1. The van der Waals surface area contributed by atoms with Crippen molar-refractivity contribution in [2.24, 2.45) is 5.92 Å². The van der Waals surface area contributed by atoms with Crippen LogP contribution in [-0.4, -0.2) is 28.0 Å². The number of carboxylic acids is 1. The van der Waals surface area contributed by atoms with E-state index in [1.807, 2.05) is 29.6 Å². The number of nitrogens with zero attached hydrogens (tertiary/aromatic N) is 1. The molecule has 1 aliphatic carbocycles. The fourth-order valence-corrected chi connectivity index (χ4v) is 4.07. The summed E-state index contributed by atoms with van der Waals surface area (Å²) in [5, 5.41) is 15.2. The first-order valence-electron chi connectivity index (χ1n) is 7.74. The number of amides is 1. The summed E-state index contributed by atoms with van der Waals surface area (Å²) in [5.41, 5.74) is 1.55. The molecule has 1 heterocycles. The van der Waals surface area contributed by atoms with Crippen LogP contribution in [0.1, 0.15) is 25.0 Å². The summed E-state index contributed by atoms with van der Waals surface area (Å²) in [4.78, 5) is 27.6. The predicted molar refractivity (Wildman–Crippen MR) is 93.2 cm³/mol. The Morgan fingerprint density at radius 3 is 2.83 bits per heavy atom. The zero-order valence-electron chi connectivity index (χ0n) is 12.9. The van der Waals surface area contributed by atoms with E-state index in [0.717, 1.165) is 10.6 Å². The molecule has 1 saturated carbocycles. The van der Waals surface area contributed by atoms with Crippen molar-refractivity contribution in [3.05, 3.63) is 40.4 Å². The highest BCUT2D eigenvalue weighted by molar-refractivity contribution is 7.13. The Hall–Kier alpha value is -1.92. The maximum absolute atomic E-state index is 12.1. The quantitative estimate of drug-likeness (QED) is 0.852. The number of hydrogen-bond donors (Lipinski definition) is 2. The molecule has 0 saturated heterocycles. The van der Waals surface area contributed by atoms with Crippen LogP contribution in [0.4, 0.5) is 0 Å². The Morgan fingerprint density at radius 2 is 2.12 bits per heavy atom. The van der Waals surface area contributed by atoms with Crippen molar-refractivity contribution in [3.8, 4) is 10.6 Å². The van der Waals surface area contributed by atoms with Crippen molar-refractivity contribution in [2.45, 2.75) is 31.7 Å². The van der Waals surface area contributed by atoms with Gasteiger partial charge in [0.15, 0.2) is 0 Å². The summed E-state index contributed by atoms with van der Waals surface area (Å²) in [7, 11) is 0. The highest BCUT2D eigenvalue weighted by Gasteiger charge is 2.30. The Kier molecular flexibility index (Phi) is 5.16. The minimum atomic E-state index is -0.782. The lowest BCUT2D eigenvalue weighted by atomic mass is 10.1. The number of thiazole rings is 1. The molecule has 1 fully saturated rings. The van der Waals surface area contributed by atoms with Crippen LogP contribution in [0.15, 0.2) is 29.6 Å². The van der Waals surface area contributed by atoms with Crippen LogP contribution >= 0.6 is 22.9 Å². The third kappa shape index (κ3) is 3.94. The van der Waals surface area contributed by atoms with Gasteiger partial charge in [-0.25, -0.2) is 4.98 Å². The highest BCUT2D eigenvalue weighted by Crippen LogP contribution is 2.30. The Balaban J connectivity index is 1.58. The van der Waals surface area contributed by atoms with E-state index in [2.05, 4.69) is 10.3 Å². The molecule has 0 radical (unpaired) electrons. The van der Waals surface area contributed by atoms with Crippen molar-refractivity contribution in [1.29, 1.82) is 0 Å². The first-order valence-corrected chi connectivity index (χ1v) is 9.00. The lowest BCUT2D eigenvalue weighted by molar-refractivity contribution is -0.141. The summed E-state index contributed by atoms with van der Waals surface area (Å²) < 4.78 is 0. The van der Waals surface area contributed by atoms with Crippen molar-refractivity contribution in [2.75, 3.05) is 0 Å². The number of nitrogens with one attached hydrogen (secondary N) is 1. The van der Waals surface area contributed by atoms with Gasteiger partial charge in [-0.05, 0) is 25.3 Å². The topological polar surface area (TPSA) is 79.3 Å². The normalized spacial score (nSPS) is 20.0. The van der Waals surface area contributed by atoms with Crippen LogP contribution in [0, 0.1) is 5.92 Å². The lowest BCUT2D eigenvalue weighted by Gasteiger charge is -2.11. The summed E-state index contributed by atoms with van der Waals surface area (Å²) in [6, 6.07) is 7.41. The smallest absolute Gasteiger partial charge is 0.306 e. The number of halogens is 1. The van der Waals surface area contributed by atoms with E-state index >= 15 is 0 Å². The molecule has 7 heteroatoms. The van der Waals surface area contributed by atoms with Crippen LogP contribution in [0.2, 0.25) is 5.02 Å². The molecular weight excluding hydrogens is 348 g/mol. The summed E-state index contributed by atoms with van der Waals surface area (Å²) >= 11 is 7.62. The van der Waals surface area contributed by atoms with E-state index in [1.54, 1.807) is 0 Å². The number of carboxylic acid groups (broad SMARTS) is 1. The van der Waals surface area contributed by atoms with Gasteiger partial charge in [-0.1, -0.05) is 29.8 Å². The summed E-state index contributed by atoms with van der Waals surface area (Å²) in [6.07, 6.45) is 2.02. The molecule has 1 amide bonds. The number of aromatic nitrogens is 1. The molecule has 1 aromatic heterocycles. The Bertz CT molecular complexity index is 762. The molecule has 2 N–H and O–H groups in total. The monoisotopic (exact) mass is 364 g/mol.